The molecule has 1 aliphatic rings. The van der Waals surface area contributed by atoms with Gasteiger partial charge >= 0.3 is 0 Å². The highest BCUT2D eigenvalue weighted by molar-refractivity contribution is 5.42. The number of hydrogen-bond donors (Lipinski definition) is 1. The van der Waals surface area contributed by atoms with E-state index in [0.29, 0.717) is 11.5 Å². The van der Waals surface area contributed by atoms with Gasteiger partial charge in [-0.2, -0.15) is 0 Å². The average Bonchev–Trinajstić information content (AvgIpc) is 2.77. The van der Waals surface area contributed by atoms with Gasteiger partial charge in [0.2, 0.25) is 0 Å². The Kier molecular flexibility index (Phi) is 2.26. The molecule has 17 heavy (non-hydrogen) atoms. The van der Waals surface area contributed by atoms with Gasteiger partial charge in [-0.25, -0.2) is 4.98 Å². The van der Waals surface area contributed by atoms with Crippen LogP contribution in [0.25, 0.3) is 5.65 Å². The van der Waals surface area contributed by atoms with Crippen LogP contribution in [0.2, 0.25) is 0 Å². The average molecular weight is 229 g/mol. The molecule has 0 radical (unpaired) electrons. The number of pyridine rings is 1. The lowest BCUT2D eigenvalue weighted by Crippen LogP contribution is -2.21. The van der Waals surface area contributed by atoms with E-state index in [1.54, 1.807) is 0 Å². The molecule has 1 atom stereocenters. The topological polar surface area (TPSA) is 29.3 Å². The SMILES string of the molecule is Cc1nc2ccccn2c1CNC1CC1(C)C. The molecule has 0 aliphatic heterocycles. The molecule has 0 bridgehead atoms. The summed E-state index contributed by atoms with van der Waals surface area (Å²) in [5.41, 5.74) is 3.93. The summed E-state index contributed by atoms with van der Waals surface area (Å²) in [6, 6.07) is 6.80. The Labute approximate surface area is 102 Å². The summed E-state index contributed by atoms with van der Waals surface area (Å²) in [5, 5.41) is 3.62. The second-order valence-electron chi connectivity index (χ2n) is 5.70. The summed E-state index contributed by atoms with van der Waals surface area (Å²) in [6.07, 6.45) is 3.37. The van der Waals surface area contributed by atoms with E-state index in [4.69, 9.17) is 0 Å². The Balaban J connectivity index is 1.83. The number of hydrogen-bond acceptors (Lipinski definition) is 2. The Hall–Kier alpha value is -1.35. The van der Waals surface area contributed by atoms with Crippen molar-refractivity contribution >= 4 is 5.65 Å². The summed E-state index contributed by atoms with van der Waals surface area (Å²) in [7, 11) is 0. The molecule has 2 aromatic heterocycles. The second kappa shape index (κ2) is 3.57. The zero-order valence-corrected chi connectivity index (χ0v) is 10.7. The first kappa shape index (κ1) is 10.8. The second-order valence-corrected chi connectivity index (χ2v) is 5.70. The van der Waals surface area contributed by atoms with Crippen LogP contribution in [0.3, 0.4) is 0 Å². The number of aryl methyl sites for hydroxylation is 1. The highest BCUT2D eigenvalue weighted by Crippen LogP contribution is 2.44. The Morgan fingerprint density at radius 3 is 2.94 bits per heavy atom. The predicted molar refractivity (Wildman–Crippen MR) is 69.0 cm³/mol. The third-order valence-electron chi connectivity index (χ3n) is 3.86. The van der Waals surface area contributed by atoms with Crippen molar-refractivity contribution in [3.63, 3.8) is 0 Å². The fourth-order valence-corrected chi connectivity index (χ4v) is 2.41. The third-order valence-corrected chi connectivity index (χ3v) is 3.86. The summed E-state index contributed by atoms with van der Waals surface area (Å²) in [5.74, 6) is 0. The maximum Gasteiger partial charge on any atom is 0.137 e. The van der Waals surface area contributed by atoms with E-state index in [2.05, 4.69) is 53.8 Å². The molecule has 3 nitrogen and oxygen atoms in total. The van der Waals surface area contributed by atoms with Crippen LogP contribution in [0.4, 0.5) is 0 Å². The van der Waals surface area contributed by atoms with Crippen LogP contribution in [0.15, 0.2) is 24.4 Å². The number of nitrogens with zero attached hydrogens (tertiary/aromatic N) is 2. The zero-order valence-electron chi connectivity index (χ0n) is 10.7. The lowest BCUT2D eigenvalue weighted by molar-refractivity contribution is 0.537. The van der Waals surface area contributed by atoms with E-state index in [0.717, 1.165) is 17.9 Å². The summed E-state index contributed by atoms with van der Waals surface area (Å²) in [4.78, 5) is 4.57. The maximum absolute atomic E-state index is 4.57. The van der Waals surface area contributed by atoms with Gasteiger partial charge in [0.05, 0.1) is 11.4 Å². The van der Waals surface area contributed by atoms with E-state index in [-0.39, 0.29) is 0 Å². The van der Waals surface area contributed by atoms with Crippen molar-refractivity contribution in [3.05, 3.63) is 35.8 Å². The van der Waals surface area contributed by atoms with Gasteiger partial charge in [-0.15, -0.1) is 0 Å². The van der Waals surface area contributed by atoms with E-state index in [1.807, 2.05) is 6.07 Å². The van der Waals surface area contributed by atoms with Gasteiger partial charge < -0.3 is 9.72 Å². The van der Waals surface area contributed by atoms with E-state index in [1.165, 1.54) is 12.1 Å². The van der Waals surface area contributed by atoms with Crippen LogP contribution in [0.1, 0.15) is 31.7 Å². The summed E-state index contributed by atoms with van der Waals surface area (Å²) in [6.45, 7) is 7.62. The van der Waals surface area contributed by atoms with Gasteiger partial charge in [0.1, 0.15) is 5.65 Å². The van der Waals surface area contributed by atoms with Crippen molar-refractivity contribution in [1.82, 2.24) is 14.7 Å². The molecule has 0 saturated heterocycles. The van der Waals surface area contributed by atoms with Crippen LogP contribution in [0, 0.1) is 12.3 Å². The number of rotatable bonds is 3. The van der Waals surface area contributed by atoms with Crippen molar-refractivity contribution in [2.24, 2.45) is 5.41 Å². The predicted octanol–water partition coefficient (Wildman–Crippen LogP) is 2.53. The summed E-state index contributed by atoms with van der Waals surface area (Å²) < 4.78 is 2.18. The first-order valence-corrected chi connectivity index (χ1v) is 6.24. The van der Waals surface area contributed by atoms with Gasteiger partial charge in [0.25, 0.3) is 0 Å². The fourth-order valence-electron chi connectivity index (χ4n) is 2.41. The molecular formula is C14H19N3. The molecule has 1 N–H and O–H groups in total. The van der Waals surface area contributed by atoms with Crippen LogP contribution in [-0.2, 0) is 6.54 Å². The van der Waals surface area contributed by atoms with Crippen LogP contribution in [-0.4, -0.2) is 15.4 Å². The number of nitrogens with one attached hydrogen (secondary N) is 1. The van der Waals surface area contributed by atoms with E-state index < -0.39 is 0 Å². The molecule has 1 unspecified atom stereocenters. The number of fused-ring (bicyclic) bond motifs is 1. The fraction of sp³-hybridized carbons (Fsp3) is 0.500. The van der Waals surface area contributed by atoms with Crippen LogP contribution in [0.5, 0.6) is 0 Å². The molecule has 1 saturated carbocycles. The van der Waals surface area contributed by atoms with E-state index in [9.17, 15) is 0 Å². The molecule has 1 aliphatic carbocycles. The highest BCUT2D eigenvalue weighted by Gasteiger charge is 2.45. The minimum absolute atomic E-state index is 0.481. The van der Waals surface area contributed by atoms with Crippen molar-refractivity contribution in [1.29, 1.82) is 0 Å². The van der Waals surface area contributed by atoms with Gasteiger partial charge in [0.15, 0.2) is 0 Å². The van der Waals surface area contributed by atoms with Crippen molar-refractivity contribution < 1.29 is 0 Å². The lowest BCUT2D eigenvalue weighted by atomic mass is 10.2. The minimum Gasteiger partial charge on any atom is -0.308 e. The Morgan fingerprint density at radius 2 is 2.24 bits per heavy atom. The number of imidazole rings is 1. The molecule has 3 heteroatoms. The minimum atomic E-state index is 0.481. The van der Waals surface area contributed by atoms with Gasteiger partial charge in [-0.3, -0.25) is 0 Å². The van der Waals surface area contributed by atoms with Crippen molar-refractivity contribution in [2.45, 2.75) is 39.8 Å². The molecule has 0 amide bonds. The Bertz CT molecular complexity index is 554. The molecule has 0 spiro atoms. The molecule has 3 rings (SSSR count). The third kappa shape index (κ3) is 1.84. The smallest absolute Gasteiger partial charge is 0.137 e. The van der Waals surface area contributed by atoms with Crippen LogP contribution >= 0.6 is 0 Å². The maximum atomic E-state index is 4.57. The first-order chi connectivity index (χ1) is 8.08. The van der Waals surface area contributed by atoms with Crippen molar-refractivity contribution in [3.8, 4) is 0 Å². The molecule has 1 fully saturated rings. The standard InChI is InChI=1S/C14H19N3/c1-10-11(9-15-12-8-14(12,2)3)17-7-5-4-6-13(17)16-10/h4-7,12,15H,8-9H2,1-3H3. The quantitative estimate of drug-likeness (QED) is 0.876. The molecular weight excluding hydrogens is 210 g/mol. The zero-order chi connectivity index (χ0) is 12.0. The van der Waals surface area contributed by atoms with Crippen LogP contribution < -0.4 is 5.32 Å². The van der Waals surface area contributed by atoms with E-state index >= 15 is 0 Å². The molecule has 90 valence electrons. The van der Waals surface area contributed by atoms with Gasteiger partial charge in [-0.05, 0) is 30.9 Å². The highest BCUT2D eigenvalue weighted by atomic mass is 15.1. The molecule has 2 aromatic rings. The monoisotopic (exact) mass is 229 g/mol. The molecule has 0 aromatic carbocycles. The molecule has 2 heterocycles. The first-order valence-electron chi connectivity index (χ1n) is 6.24. The lowest BCUT2D eigenvalue weighted by Gasteiger charge is -2.07. The van der Waals surface area contributed by atoms with Crippen molar-refractivity contribution in [2.75, 3.05) is 0 Å². The van der Waals surface area contributed by atoms with Gasteiger partial charge in [0, 0.05) is 18.8 Å². The largest absolute Gasteiger partial charge is 0.308 e. The Morgan fingerprint density at radius 1 is 1.47 bits per heavy atom. The number of aromatic nitrogens is 2. The van der Waals surface area contributed by atoms with Gasteiger partial charge in [-0.1, -0.05) is 19.9 Å². The summed E-state index contributed by atoms with van der Waals surface area (Å²) >= 11 is 0. The normalized spacial score (nSPS) is 21.9.